The minimum Gasteiger partial charge on any atom is -0.457 e. The van der Waals surface area contributed by atoms with Gasteiger partial charge in [-0.25, -0.2) is 9.18 Å². The van der Waals surface area contributed by atoms with E-state index >= 15 is 0 Å². The Balaban J connectivity index is 1.62. The van der Waals surface area contributed by atoms with Crippen molar-refractivity contribution in [3.63, 3.8) is 0 Å². The molecule has 3 rings (SSSR count). The van der Waals surface area contributed by atoms with Gasteiger partial charge < -0.3 is 9.64 Å². The quantitative estimate of drug-likeness (QED) is 0.473. The number of benzene rings is 2. The Morgan fingerprint density at radius 3 is 2.63 bits per heavy atom. The van der Waals surface area contributed by atoms with Gasteiger partial charge in [-0.05, 0) is 37.1 Å². The number of hydrogen-bond donors (Lipinski definition) is 0. The minimum atomic E-state index is -0.533. The highest BCUT2D eigenvalue weighted by atomic mass is 79.9. The first kappa shape index (κ1) is 19.9. The van der Waals surface area contributed by atoms with Crippen LogP contribution in [0.4, 0.5) is 4.39 Å². The molecule has 0 saturated carbocycles. The number of ether oxygens (including phenoxy) is 1. The van der Waals surface area contributed by atoms with Crippen LogP contribution in [0.5, 0.6) is 0 Å². The highest BCUT2D eigenvalue weighted by Crippen LogP contribution is 2.25. The van der Waals surface area contributed by atoms with Crippen molar-refractivity contribution in [1.82, 2.24) is 4.90 Å². The molecule has 0 spiro atoms. The number of hydrogen-bond acceptors (Lipinski definition) is 4. The van der Waals surface area contributed by atoms with E-state index in [1.54, 1.807) is 30.3 Å². The average molecular weight is 452 g/mol. The number of carbonyl (C=O) groups is 2. The summed E-state index contributed by atoms with van der Waals surface area (Å²) in [4.78, 5) is 27.2. The highest BCUT2D eigenvalue weighted by molar-refractivity contribution is 9.10. The normalized spacial score (nSPS) is 13.6. The van der Waals surface area contributed by atoms with Crippen LogP contribution in [0.2, 0.25) is 0 Å². The van der Waals surface area contributed by atoms with Gasteiger partial charge in [0.05, 0.1) is 11.3 Å². The van der Waals surface area contributed by atoms with E-state index in [9.17, 15) is 14.0 Å². The molecule has 4 nitrogen and oxygen atoms in total. The monoisotopic (exact) mass is 451 g/mol. The molecule has 1 heterocycles. The molecule has 27 heavy (non-hydrogen) atoms. The Kier molecular flexibility index (Phi) is 6.90. The molecule has 1 aliphatic rings. The van der Waals surface area contributed by atoms with E-state index in [-0.39, 0.29) is 18.3 Å². The van der Waals surface area contributed by atoms with Crippen LogP contribution in [0, 0.1) is 5.82 Å². The maximum absolute atomic E-state index is 13.9. The first-order valence-electron chi connectivity index (χ1n) is 8.65. The first-order chi connectivity index (χ1) is 13.0. The van der Waals surface area contributed by atoms with Gasteiger partial charge in [0, 0.05) is 28.0 Å². The summed E-state index contributed by atoms with van der Waals surface area (Å²) in [5.74, 6) is -0.603. The lowest BCUT2D eigenvalue weighted by molar-refractivity contribution is -0.127. The van der Waals surface area contributed by atoms with E-state index in [1.807, 2.05) is 11.0 Å². The van der Waals surface area contributed by atoms with E-state index in [1.165, 1.54) is 17.8 Å². The number of rotatable bonds is 6. The molecule has 0 radical (unpaired) electrons. The van der Waals surface area contributed by atoms with Crippen LogP contribution in [0.3, 0.4) is 0 Å². The lowest BCUT2D eigenvalue weighted by Gasteiger charge is -2.15. The summed E-state index contributed by atoms with van der Waals surface area (Å²) >= 11 is 4.52. The topological polar surface area (TPSA) is 46.6 Å². The lowest BCUT2D eigenvalue weighted by Crippen LogP contribution is -2.29. The number of halogens is 2. The van der Waals surface area contributed by atoms with Crippen molar-refractivity contribution in [3.05, 3.63) is 63.9 Å². The van der Waals surface area contributed by atoms with Crippen molar-refractivity contribution in [1.29, 1.82) is 0 Å². The zero-order valence-corrected chi connectivity index (χ0v) is 17.0. The predicted octanol–water partition coefficient (Wildman–Crippen LogP) is 4.66. The molecule has 7 heteroatoms. The van der Waals surface area contributed by atoms with Crippen molar-refractivity contribution in [3.8, 4) is 0 Å². The van der Waals surface area contributed by atoms with Crippen LogP contribution in [-0.2, 0) is 16.1 Å². The van der Waals surface area contributed by atoms with Gasteiger partial charge in [0.1, 0.15) is 12.4 Å². The molecule has 1 aliphatic heterocycles. The molecule has 0 N–H and O–H groups in total. The first-order valence-corrected chi connectivity index (χ1v) is 10.4. The predicted molar refractivity (Wildman–Crippen MR) is 106 cm³/mol. The van der Waals surface area contributed by atoms with Crippen molar-refractivity contribution >= 4 is 39.6 Å². The molecular formula is C20H19BrFNO3S. The van der Waals surface area contributed by atoms with Gasteiger partial charge >= 0.3 is 5.97 Å². The Hall–Kier alpha value is -1.86. The van der Waals surface area contributed by atoms with Gasteiger partial charge in [0.15, 0.2) is 0 Å². The van der Waals surface area contributed by atoms with Crippen molar-refractivity contribution in [2.75, 3.05) is 18.8 Å². The average Bonchev–Trinajstić information content (AvgIpc) is 3.20. The van der Waals surface area contributed by atoms with Crippen molar-refractivity contribution in [2.45, 2.75) is 24.3 Å². The van der Waals surface area contributed by atoms with Crippen LogP contribution in [0.25, 0.3) is 0 Å². The maximum Gasteiger partial charge on any atom is 0.339 e. The molecule has 1 fully saturated rings. The summed E-state index contributed by atoms with van der Waals surface area (Å²) in [6, 6.07) is 11.6. The highest BCUT2D eigenvalue weighted by Gasteiger charge is 2.20. The number of amides is 1. The number of thioether (sulfide) groups is 1. The van der Waals surface area contributed by atoms with E-state index in [0.29, 0.717) is 20.5 Å². The van der Waals surface area contributed by atoms with Crippen molar-refractivity contribution in [2.24, 2.45) is 0 Å². The Morgan fingerprint density at radius 2 is 1.89 bits per heavy atom. The lowest BCUT2D eigenvalue weighted by atomic mass is 10.2. The Bertz CT molecular complexity index is 840. The van der Waals surface area contributed by atoms with Crippen molar-refractivity contribution < 1.29 is 18.7 Å². The molecule has 1 saturated heterocycles. The number of esters is 1. The van der Waals surface area contributed by atoms with Crippen LogP contribution < -0.4 is 0 Å². The standard InChI is InChI=1S/C20H19BrFNO3S/c21-15-8-7-14(17(22)11-15)12-26-20(25)16-5-1-2-6-18(16)27-13-19(24)23-9-3-4-10-23/h1-2,5-8,11H,3-4,9-10,12-13H2. The smallest absolute Gasteiger partial charge is 0.339 e. The fourth-order valence-corrected chi connectivity index (χ4v) is 4.09. The van der Waals surface area contributed by atoms with Crippen LogP contribution in [0.15, 0.2) is 51.8 Å². The van der Waals surface area contributed by atoms with Gasteiger partial charge in [-0.3, -0.25) is 4.79 Å². The molecule has 142 valence electrons. The van der Waals surface area contributed by atoms with E-state index in [4.69, 9.17) is 4.74 Å². The van der Waals surface area contributed by atoms with E-state index in [0.717, 1.165) is 25.9 Å². The third-order valence-corrected chi connectivity index (χ3v) is 5.84. The van der Waals surface area contributed by atoms with Gasteiger partial charge in [-0.15, -0.1) is 11.8 Å². The van der Waals surface area contributed by atoms with Crippen LogP contribution in [0.1, 0.15) is 28.8 Å². The van der Waals surface area contributed by atoms with Crippen LogP contribution in [-0.4, -0.2) is 35.6 Å². The largest absolute Gasteiger partial charge is 0.457 e. The zero-order valence-electron chi connectivity index (χ0n) is 14.6. The number of likely N-dealkylation sites (tertiary alicyclic amines) is 1. The Morgan fingerprint density at radius 1 is 1.15 bits per heavy atom. The van der Waals surface area contributed by atoms with E-state index in [2.05, 4.69) is 15.9 Å². The minimum absolute atomic E-state index is 0.0811. The van der Waals surface area contributed by atoms with Gasteiger partial charge in [-0.2, -0.15) is 0 Å². The third-order valence-electron chi connectivity index (χ3n) is 4.29. The SMILES string of the molecule is O=C(OCc1ccc(Br)cc1F)c1ccccc1SCC(=O)N1CCCC1. The fraction of sp³-hybridized carbons (Fsp3) is 0.300. The summed E-state index contributed by atoms with van der Waals surface area (Å²) in [6.07, 6.45) is 2.10. The Labute approximate surface area is 170 Å². The maximum atomic E-state index is 13.9. The molecule has 2 aromatic rings. The van der Waals surface area contributed by atoms with E-state index < -0.39 is 11.8 Å². The summed E-state index contributed by atoms with van der Waals surface area (Å²) in [5, 5.41) is 0. The molecule has 0 bridgehead atoms. The zero-order chi connectivity index (χ0) is 19.2. The second kappa shape index (κ2) is 9.37. The molecule has 0 atom stereocenters. The molecule has 0 unspecified atom stereocenters. The summed E-state index contributed by atoms with van der Waals surface area (Å²) in [5.41, 5.74) is 0.690. The van der Waals surface area contributed by atoms with Gasteiger partial charge in [0.2, 0.25) is 5.91 Å². The second-order valence-electron chi connectivity index (χ2n) is 6.18. The fourth-order valence-electron chi connectivity index (χ4n) is 2.82. The summed E-state index contributed by atoms with van der Waals surface area (Å²) < 4.78 is 19.8. The molecular weight excluding hydrogens is 433 g/mol. The molecule has 0 aromatic heterocycles. The second-order valence-corrected chi connectivity index (χ2v) is 8.12. The summed E-state index contributed by atoms with van der Waals surface area (Å²) in [6.45, 7) is 1.47. The van der Waals surface area contributed by atoms with Gasteiger partial charge in [-0.1, -0.05) is 34.1 Å². The van der Waals surface area contributed by atoms with Gasteiger partial charge in [0.25, 0.3) is 0 Å². The third kappa shape index (κ3) is 5.32. The van der Waals surface area contributed by atoms with Crippen LogP contribution >= 0.6 is 27.7 Å². The number of nitrogens with zero attached hydrogens (tertiary/aromatic N) is 1. The number of carbonyl (C=O) groups excluding carboxylic acids is 2. The molecule has 0 aliphatic carbocycles. The molecule has 2 aromatic carbocycles. The summed E-state index contributed by atoms with van der Waals surface area (Å²) in [7, 11) is 0. The molecule has 1 amide bonds.